The van der Waals surface area contributed by atoms with Crippen molar-refractivity contribution in [2.45, 2.75) is 0 Å². The van der Waals surface area contributed by atoms with Crippen molar-refractivity contribution in [3.63, 3.8) is 0 Å². The fourth-order valence-corrected chi connectivity index (χ4v) is 0.681. The first-order valence-electron chi connectivity index (χ1n) is 2.54. The summed E-state index contributed by atoms with van der Waals surface area (Å²) in [5.74, 6) is 1.05. The van der Waals surface area contributed by atoms with Crippen LogP contribution in [-0.2, 0) is 0 Å². The highest BCUT2D eigenvalue weighted by Gasteiger charge is 1.83. The van der Waals surface area contributed by atoms with E-state index < -0.39 is 0 Å². The second-order valence-corrected chi connectivity index (χ2v) is 2.83. The third kappa shape index (κ3) is 8.00. The standard InChI is InChI=1S/C4H11N3S2/c1-9-3-2-6-7-4(5)8/h6H,2-3H2,1H3,(H3,5,7,8). The molecule has 3 nitrogen and oxygen atoms in total. The maximum absolute atomic E-state index is 5.13. The lowest BCUT2D eigenvalue weighted by Gasteiger charge is -2.03. The molecular formula is C4H11N3S2. The summed E-state index contributed by atoms with van der Waals surface area (Å²) in [5.41, 5.74) is 10.6. The van der Waals surface area contributed by atoms with E-state index in [1.54, 1.807) is 11.8 Å². The summed E-state index contributed by atoms with van der Waals surface area (Å²) in [6, 6.07) is 0. The summed E-state index contributed by atoms with van der Waals surface area (Å²) < 4.78 is 0. The monoisotopic (exact) mass is 165 g/mol. The Morgan fingerprint density at radius 3 is 2.89 bits per heavy atom. The zero-order valence-electron chi connectivity index (χ0n) is 5.31. The van der Waals surface area contributed by atoms with Crippen molar-refractivity contribution in [1.82, 2.24) is 10.9 Å². The van der Waals surface area contributed by atoms with E-state index in [9.17, 15) is 0 Å². The molecule has 0 amide bonds. The van der Waals surface area contributed by atoms with Crippen LogP contribution >= 0.6 is 24.0 Å². The maximum Gasteiger partial charge on any atom is 0.178 e. The highest BCUT2D eigenvalue weighted by molar-refractivity contribution is 7.98. The summed E-state index contributed by atoms with van der Waals surface area (Å²) in [4.78, 5) is 0. The molecule has 0 saturated carbocycles. The molecule has 0 aromatic carbocycles. The molecule has 9 heavy (non-hydrogen) atoms. The van der Waals surface area contributed by atoms with Gasteiger partial charge in [-0.05, 0) is 18.5 Å². The van der Waals surface area contributed by atoms with Crippen molar-refractivity contribution in [1.29, 1.82) is 0 Å². The van der Waals surface area contributed by atoms with Gasteiger partial charge >= 0.3 is 0 Å². The number of nitrogens with two attached hydrogens (primary N) is 1. The lowest BCUT2D eigenvalue weighted by Crippen LogP contribution is -2.41. The summed E-state index contributed by atoms with van der Waals surface area (Å²) in [5, 5.41) is 0.288. The van der Waals surface area contributed by atoms with Gasteiger partial charge in [0.05, 0.1) is 0 Å². The van der Waals surface area contributed by atoms with E-state index in [2.05, 4.69) is 23.1 Å². The van der Waals surface area contributed by atoms with Gasteiger partial charge in [0, 0.05) is 12.3 Å². The first-order chi connectivity index (χ1) is 4.27. The van der Waals surface area contributed by atoms with Crippen LogP contribution in [0, 0.1) is 0 Å². The minimum Gasteiger partial charge on any atom is -0.375 e. The molecule has 0 rings (SSSR count). The maximum atomic E-state index is 5.13. The van der Waals surface area contributed by atoms with E-state index in [4.69, 9.17) is 5.73 Å². The number of nitrogens with one attached hydrogen (secondary N) is 2. The summed E-state index contributed by atoms with van der Waals surface area (Å²) >= 11 is 6.31. The van der Waals surface area contributed by atoms with E-state index in [-0.39, 0.29) is 5.11 Å². The molecule has 0 heterocycles. The Labute approximate surface area is 64.7 Å². The molecule has 0 spiro atoms. The average molecular weight is 165 g/mol. The smallest absolute Gasteiger partial charge is 0.178 e. The van der Waals surface area contributed by atoms with Gasteiger partial charge in [0.2, 0.25) is 0 Å². The van der Waals surface area contributed by atoms with Crippen molar-refractivity contribution >= 4 is 29.1 Å². The highest BCUT2D eigenvalue weighted by atomic mass is 32.2. The molecule has 0 saturated heterocycles. The van der Waals surface area contributed by atoms with Gasteiger partial charge in [-0.2, -0.15) is 11.8 Å². The van der Waals surface area contributed by atoms with Crippen LogP contribution in [0.25, 0.3) is 0 Å². The van der Waals surface area contributed by atoms with Gasteiger partial charge in [-0.3, -0.25) is 5.43 Å². The normalized spacial score (nSPS) is 9.00. The van der Waals surface area contributed by atoms with E-state index in [1.165, 1.54) is 0 Å². The summed E-state index contributed by atoms with van der Waals surface area (Å²) in [7, 11) is 0. The van der Waals surface area contributed by atoms with Crippen molar-refractivity contribution in [3.05, 3.63) is 0 Å². The predicted molar refractivity (Wildman–Crippen MR) is 46.3 cm³/mol. The molecule has 0 aliphatic rings. The van der Waals surface area contributed by atoms with Gasteiger partial charge in [0.1, 0.15) is 0 Å². The van der Waals surface area contributed by atoms with Crippen molar-refractivity contribution in [2.24, 2.45) is 5.73 Å². The molecule has 0 bridgehead atoms. The van der Waals surface area contributed by atoms with Crippen LogP contribution in [0.2, 0.25) is 0 Å². The fourth-order valence-electron chi connectivity index (χ4n) is 0.303. The van der Waals surface area contributed by atoms with Crippen LogP contribution in [0.1, 0.15) is 0 Å². The molecular weight excluding hydrogens is 154 g/mol. The third-order valence-electron chi connectivity index (χ3n) is 0.643. The van der Waals surface area contributed by atoms with Crippen LogP contribution in [0.5, 0.6) is 0 Å². The highest BCUT2D eigenvalue weighted by Crippen LogP contribution is 1.85. The summed E-state index contributed by atoms with van der Waals surface area (Å²) in [6.07, 6.45) is 2.04. The molecule has 54 valence electrons. The summed E-state index contributed by atoms with van der Waals surface area (Å²) in [6.45, 7) is 0.874. The number of hydrogen-bond donors (Lipinski definition) is 3. The Balaban J connectivity index is 2.83. The van der Waals surface area contributed by atoms with Crippen LogP contribution in [-0.4, -0.2) is 23.7 Å². The lowest BCUT2D eigenvalue weighted by molar-refractivity contribution is 0.692. The van der Waals surface area contributed by atoms with Gasteiger partial charge in [-0.25, -0.2) is 5.43 Å². The number of thioether (sulfide) groups is 1. The molecule has 0 aliphatic carbocycles. The molecule has 5 heteroatoms. The van der Waals surface area contributed by atoms with Crippen LogP contribution in [0.3, 0.4) is 0 Å². The van der Waals surface area contributed by atoms with Gasteiger partial charge in [-0.15, -0.1) is 0 Å². The molecule has 0 aliphatic heterocycles. The predicted octanol–water partition coefficient (Wildman–Crippen LogP) is -0.313. The second-order valence-electron chi connectivity index (χ2n) is 1.41. The van der Waals surface area contributed by atoms with Gasteiger partial charge < -0.3 is 5.73 Å². The SMILES string of the molecule is CSCCNNC(N)=S. The zero-order chi connectivity index (χ0) is 7.11. The van der Waals surface area contributed by atoms with Gasteiger partial charge in [-0.1, -0.05) is 0 Å². The number of hydrogen-bond acceptors (Lipinski definition) is 3. The van der Waals surface area contributed by atoms with E-state index in [1.807, 2.05) is 6.26 Å². The van der Waals surface area contributed by atoms with Crippen LogP contribution < -0.4 is 16.6 Å². The van der Waals surface area contributed by atoms with Crippen LogP contribution in [0.4, 0.5) is 0 Å². The van der Waals surface area contributed by atoms with E-state index in [0.717, 1.165) is 12.3 Å². The Morgan fingerprint density at radius 1 is 1.78 bits per heavy atom. The molecule has 0 aromatic rings. The molecule has 4 N–H and O–H groups in total. The molecule has 0 unspecified atom stereocenters. The topological polar surface area (TPSA) is 50.1 Å². The quantitative estimate of drug-likeness (QED) is 0.303. The lowest BCUT2D eigenvalue weighted by atomic mass is 10.8. The number of hydrazine groups is 1. The van der Waals surface area contributed by atoms with E-state index >= 15 is 0 Å². The largest absolute Gasteiger partial charge is 0.375 e. The fraction of sp³-hybridized carbons (Fsp3) is 0.750. The zero-order valence-corrected chi connectivity index (χ0v) is 6.94. The minimum absolute atomic E-state index is 0.288. The molecule has 0 atom stereocenters. The Hall–Kier alpha value is -0.0000000000000000278. The first kappa shape index (κ1) is 9.00. The van der Waals surface area contributed by atoms with Crippen molar-refractivity contribution < 1.29 is 0 Å². The molecule has 0 radical (unpaired) electrons. The molecule has 0 fully saturated rings. The van der Waals surface area contributed by atoms with Crippen molar-refractivity contribution in [3.8, 4) is 0 Å². The minimum atomic E-state index is 0.288. The Bertz CT molecular complexity index is 85.9. The number of rotatable bonds is 4. The van der Waals surface area contributed by atoms with Gasteiger partial charge in [0.15, 0.2) is 5.11 Å². The average Bonchev–Trinajstić information content (AvgIpc) is 1.80. The second kappa shape index (κ2) is 6.12. The van der Waals surface area contributed by atoms with Crippen molar-refractivity contribution in [2.75, 3.05) is 18.6 Å². The third-order valence-corrected chi connectivity index (χ3v) is 1.36. The van der Waals surface area contributed by atoms with Gasteiger partial charge in [0.25, 0.3) is 0 Å². The molecule has 0 aromatic heterocycles. The Kier molecular flexibility index (Phi) is 6.12. The first-order valence-corrected chi connectivity index (χ1v) is 4.35. The van der Waals surface area contributed by atoms with E-state index in [0.29, 0.717) is 0 Å². The van der Waals surface area contributed by atoms with Crippen LogP contribution in [0.15, 0.2) is 0 Å². The Morgan fingerprint density at radius 2 is 2.44 bits per heavy atom. The number of thiocarbonyl (C=S) groups is 1.